The molecule has 2 unspecified atom stereocenters. The lowest BCUT2D eigenvalue weighted by molar-refractivity contribution is 0.433. The Morgan fingerprint density at radius 2 is 1.09 bits per heavy atom. The Hall–Kier alpha value is -2.22. The number of hydrogen-bond donors (Lipinski definition) is 0. The molecule has 1 fully saturated rings. The first-order chi connectivity index (χ1) is 10.7. The van der Waals surface area contributed by atoms with Crippen molar-refractivity contribution in [3.63, 3.8) is 0 Å². The van der Waals surface area contributed by atoms with Gasteiger partial charge >= 0.3 is 0 Å². The van der Waals surface area contributed by atoms with E-state index in [9.17, 15) is 0 Å². The molecule has 2 aliphatic heterocycles. The van der Waals surface area contributed by atoms with E-state index < -0.39 is 0 Å². The molecule has 2 aromatic rings. The molecule has 1 aliphatic carbocycles. The van der Waals surface area contributed by atoms with Crippen LogP contribution in [0.5, 0.6) is 0 Å². The molecule has 22 heavy (non-hydrogen) atoms. The van der Waals surface area contributed by atoms with Crippen LogP contribution in [0.3, 0.4) is 0 Å². The molecular weight excluding hydrogens is 268 g/mol. The van der Waals surface area contributed by atoms with E-state index in [1.165, 1.54) is 22.6 Å². The second-order valence-corrected chi connectivity index (χ2v) is 6.90. The van der Waals surface area contributed by atoms with E-state index in [4.69, 9.17) is 9.98 Å². The summed E-state index contributed by atoms with van der Waals surface area (Å²) in [5.74, 6) is 0. The van der Waals surface area contributed by atoms with Crippen LogP contribution in [0.2, 0.25) is 0 Å². The molecule has 2 atom stereocenters. The summed E-state index contributed by atoms with van der Waals surface area (Å²) in [7, 11) is 0. The highest BCUT2D eigenvalue weighted by molar-refractivity contribution is 6.17. The van der Waals surface area contributed by atoms with Crippen molar-refractivity contribution in [3.8, 4) is 0 Å². The lowest BCUT2D eigenvalue weighted by Gasteiger charge is -2.48. The normalized spacial score (nSPS) is 30.8. The molecule has 2 heterocycles. The van der Waals surface area contributed by atoms with Gasteiger partial charge in [0.05, 0.1) is 11.4 Å². The van der Waals surface area contributed by atoms with E-state index >= 15 is 0 Å². The summed E-state index contributed by atoms with van der Waals surface area (Å²) in [5, 5.41) is 0. The van der Waals surface area contributed by atoms with Gasteiger partial charge in [-0.05, 0) is 49.9 Å². The van der Waals surface area contributed by atoms with Gasteiger partial charge in [0.15, 0.2) is 0 Å². The van der Waals surface area contributed by atoms with Gasteiger partial charge in [-0.15, -0.1) is 0 Å². The van der Waals surface area contributed by atoms with Gasteiger partial charge in [-0.25, -0.2) is 0 Å². The molecule has 3 aliphatic rings. The molecule has 0 spiro atoms. The number of fused-ring (bicyclic) bond motifs is 7. The third-order valence-electron chi connectivity index (χ3n) is 6.15. The maximum absolute atomic E-state index is 4.99. The lowest BCUT2D eigenvalue weighted by atomic mass is 9.52. The minimum absolute atomic E-state index is 0.0761. The van der Waals surface area contributed by atoms with E-state index in [0.717, 1.165) is 24.2 Å². The third-order valence-corrected chi connectivity index (χ3v) is 6.15. The first kappa shape index (κ1) is 12.3. The van der Waals surface area contributed by atoms with Crippen LogP contribution in [0.25, 0.3) is 0 Å². The minimum Gasteiger partial charge on any atom is -0.257 e. The standard InChI is InChI=1S/C20H18N2/c1-19-13-7-3-5-9-15(13)21-17(19)11-12-18-20(19,2)14-8-4-6-10-16(14)22-18/h3-10H,11-12H2,1-2H3. The molecule has 108 valence electrons. The molecular formula is C20H18N2. The highest BCUT2D eigenvalue weighted by Crippen LogP contribution is 2.60. The fourth-order valence-corrected chi connectivity index (χ4v) is 4.78. The minimum atomic E-state index is -0.0761. The summed E-state index contributed by atoms with van der Waals surface area (Å²) in [6.07, 6.45) is 2.04. The smallest absolute Gasteiger partial charge is 0.0671 e. The van der Waals surface area contributed by atoms with Crippen LogP contribution in [0.1, 0.15) is 37.8 Å². The summed E-state index contributed by atoms with van der Waals surface area (Å²) in [5.41, 5.74) is 7.51. The van der Waals surface area contributed by atoms with Crippen molar-refractivity contribution in [2.45, 2.75) is 37.5 Å². The molecule has 0 aromatic heterocycles. The summed E-state index contributed by atoms with van der Waals surface area (Å²) < 4.78 is 0. The molecule has 0 saturated heterocycles. The topological polar surface area (TPSA) is 24.7 Å². The van der Waals surface area contributed by atoms with Crippen molar-refractivity contribution in [1.29, 1.82) is 0 Å². The van der Waals surface area contributed by atoms with Gasteiger partial charge < -0.3 is 0 Å². The van der Waals surface area contributed by atoms with Crippen LogP contribution < -0.4 is 0 Å². The van der Waals surface area contributed by atoms with Crippen LogP contribution in [0.4, 0.5) is 11.4 Å². The Morgan fingerprint density at radius 3 is 1.55 bits per heavy atom. The van der Waals surface area contributed by atoms with Crippen molar-refractivity contribution in [2.24, 2.45) is 9.98 Å². The molecule has 0 N–H and O–H groups in total. The number of nitrogens with zero attached hydrogens (tertiary/aromatic N) is 2. The Kier molecular flexibility index (Phi) is 2.10. The molecule has 0 bridgehead atoms. The quantitative estimate of drug-likeness (QED) is 0.660. The van der Waals surface area contributed by atoms with Gasteiger partial charge in [0, 0.05) is 22.3 Å². The highest BCUT2D eigenvalue weighted by atomic mass is 14.9. The van der Waals surface area contributed by atoms with E-state index in [1.54, 1.807) is 0 Å². The highest BCUT2D eigenvalue weighted by Gasteiger charge is 2.60. The number of para-hydroxylation sites is 2. The Balaban J connectivity index is 1.86. The van der Waals surface area contributed by atoms with Crippen LogP contribution >= 0.6 is 0 Å². The fourth-order valence-electron chi connectivity index (χ4n) is 4.78. The Morgan fingerprint density at radius 1 is 0.682 bits per heavy atom. The van der Waals surface area contributed by atoms with Crippen molar-refractivity contribution < 1.29 is 0 Å². The summed E-state index contributed by atoms with van der Waals surface area (Å²) in [4.78, 5) is 9.97. The Bertz CT molecular complexity index is 803. The summed E-state index contributed by atoms with van der Waals surface area (Å²) in [6.45, 7) is 4.74. The van der Waals surface area contributed by atoms with Gasteiger partial charge in [-0.1, -0.05) is 36.4 Å². The van der Waals surface area contributed by atoms with Crippen molar-refractivity contribution >= 4 is 22.8 Å². The molecule has 2 heteroatoms. The summed E-state index contributed by atoms with van der Waals surface area (Å²) in [6, 6.07) is 17.2. The third kappa shape index (κ3) is 1.16. The lowest BCUT2D eigenvalue weighted by Crippen LogP contribution is -2.56. The number of rotatable bonds is 0. The first-order valence-electron chi connectivity index (χ1n) is 8.01. The van der Waals surface area contributed by atoms with Crippen molar-refractivity contribution in [3.05, 3.63) is 59.7 Å². The zero-order valence-corrected chi connectivity index (χ0v) is 12.9. The first-order valence-corrected chi connectivity index (χ1v) is 8.01. The molecule has 1 saturated carbocycles. The molecule has 2 nitrogen and oxygen atoms in total. The number of benzene rings is 2. The second kappa shape index (κ2) is 3.75. The maximum Gasteiger partial charge on any atom is 0.0671 e. The van der Waals surface area contributed by atoms with Crippen molar-refractivity contribution in [1.82, 2.24) is 0 Å². The zero-order valence-electron chi connectivity index (χ0n) is 12.9. The van der Waals surface area contributed by atoms with Crippen molar-refractivity contribution in [2.75, 3.05) is 0 Å². The van der Waals surface area contributed by atoms with Crippen LogP contribution in [-0.2, 0) is 10.8 Å². The number of hydrogen-bond acceptors (Lipinski definition) is 2. The average Bonchev–Trinajstić information content (AvgIpc) is 3.01. The second-order valence-electron chi connectivity index (χ2n) is 6.90. The zero-order chi connectivity index (χ0) is 14.9. The SMILES string of the molecule is CC12C(=Nc3ccccc31)CCC1=Nc3ccccc3C12C. The summed E-state index contributed by atoms with van der Waals surface area (Å²) >= 11 is 0. The molecule has 2 aromatic carbocycles. The van der Waals surface area contributed by atoms with Crippen LogP contribution in [-0.4, -0.2) is 11.4 Å². The van der Waals surface area contributed by atoms with E-state index in [2.05, 4.69) is 62.4 Å². The molecule has 5 rings (SSSR count). The number of aliphatic imine (C=N–C) groups is 2. The van der Waals surface area contributed by atoms with Gasteiger partial charge in [0.2, 0.25) is 0 Å². The average molecular weight is 286 g/mol. The van der Waals surface area contributed by atoms with Crippen LogP contribution in [0, 0.1) is 0 Å². The van der Waals surface area contributed by atoms with Gasteiger partial charge in [0.1, 0.15) is 0 Å². The maximum atomic E-state index is 4.99. The molecule has 0 radical (unpaired) electrons. The molecule has 0 amide bonds. The largest absolute Gasteiger partial charge is 0.257 e. The monoisotopic (exact) mass is 286 g/mol. The van der Waals surface area contributed by atoms with Gasteiger partial charge in [0.25, 0.3) is 0 Å². The van der Waals surface area contributed by atoms with E-state index in [0.29, 0.717) is 0 Å². The Labute approximate surface area is 130 Å². The van der Waals surface area contributed by atoms with Crippen LogP contribution in [0.15, 0.2) is 58.5 Å². The van der Waals surface area contributed by atoms with Gasteiger partial charge in [-0.3, -0.25) is 9.98 Å². The predicted octanol–water partition coefficient (Wildman–Crippen LogP) is 4.87. The van der Waals surface area contributed by atoms with Gasteiger partial charge in [-0.2, -0.15) is 0 Å². The predicted molar refractivity (Wildman–Crippen MR) is 91.0 cm³/mol. The van der Waals surface area contributed by atoms with E-state index in [-0.39, 0.29) is 10.8 Å². The van der Waals surface area contributed by atoms with E-state index in [1.807, 2.05) is 0 Å². The fraction of sp³-hybridized carbons (Fsp3) is 0.300.